The molecule has 0 rings (SSSR count). The van der Waals surface area contributed by atoms with E-state index in [0.717, 1.165) is 13.1 Å². The Morgan fingerprint density at radius 1 is 0.857 bits per heavy atom. The van der Waals surface area contributed by atoms with Gasteiger partial charge >= 0.3 is 0 Å². The summed E-state index contributed by atoms with van der Waals surface area (Å²) in [6, 6.07) is 0. The summed E-state index contributed by atoms with van der Waals surface area (Å²) in [7, 11) is 0. The molecule has 0 radical (unpaired) electrons. The minimum absolute atomic E-state index is 1.09. The lowest BCUT2D eigenvalue weighted by Gasteiger charge is -2.21. The molecule has 0 saturated heterocycles. The Morgan fingerprint density at radius 3 is 1.86 bits per heavy atom. The van der Waals surface area contributed by atoms with E-state index in [1.165, 1.54) is 45.3 Å². The molecule has 2 heteroatoms. The van der Waals surface area contributed by atoms with E-state index in [1.807, 2.05) is 0 Å². The molecule has 0 aliphatic rings. The average molecular weight is 200 g/mol. The van der Waals surface area contributed by atoms with Crippen molar-refractivity contribution < 1.29 is 0 Å². The second-order valence-corrected chi connectivity index (χ2v) is 3.90. The molecule has 86 valence electrons. The molecule has 0 heterocycles. The second kappa shape index (κ2) is 11.0. The molecule has 0 aromatic heterocycles. The molecular formula is C12H28N2. The van der Waals surface area contributed by atoms with Crippen molar-refractivity contribution in [2.75, 3.05) is 32.7 Å². The first-order valence-electron chi connectivity index (χ1n) is 6.28. The highest BCUT2D eigenvalue weighted by Gasteiger charge is 2.02. The molecule has 0 spiro atoms. The molecule has 0 aliphatic heterocycles. The van der Waals surface area contributed by atoms with Crippen molar-refractivity contribution in [1.29, 1.82) is 0 Å². The van der Waals surface area contributed by atoms with Gasteiger partial charge < -0.3 is 10.2 Å². The van der Waals surface area contributed by atoms with Gasteiger partial charge in [-0.15, -0.1) is 0 Å². The topological polar surface area (TPSA) is 15.3 Å². The quantitative estimate of drug-likeness (QED) is 0.545. The number of rotatable bonds is 10. The van der Waals surface area contributed by atoms with E-state index in [2.05, 4.69) is 31.0 Å². The fraction of sp³-hybridized carbons (Fsp3) is 1.00. The number of likely N-dealkylation sites (N-methyl/N-ethyl adjacent to an activating group) is 1. The van der Waals surface area contributed by atoms with Gasteiger partial charge in [0.05, 0.1) is 0 Å². The van der Waals surface area contributed by atoms with Crippen molar-refractivity contribution in [3.63, 3.8) is 0 Å². The maximum Gasteiger partial charge on any atom is 0.0107 e. The van der Waals surface area contributed by atoms with Crippen LogP contribution in [0, 0.1) is 0 Å². The highest BCUT2D eigenvalue weighted by molar-refractivity contribution is 4.59. The predicted molar refractivity (Wildman–Crippen MR) is 64.8 cm³/mol. The van der Waals surface area contributed by atoms with Gasteiger partial charge in [0.25, 0.3) is 0 Å². The monoisotopic (exact) mass is 200 g/mol. The molecular weight excluding hydrogens is 172 g/mol. The first-order valence-corrected chi connectivity index (χ1v) is 6.28. The van der Waals surface area contributed by atoms with Crippen molar-refractivity contribution in [2.45, 2.75) is 46.5 Å². The second-order valence-electron chi connectivity index (χ2n) is 3.90. The minimum atomic E-state index is 1.09. The fourth-order valence-corrected chi connectivity index (χ4v) is 1.51. The first-order chi connectivity index (χ1) is 6.85. The fourth-order valence-electron chi connectivity index (χ4n) is 1.51. The molecule has 2 nitrogen and oxygen atoms in total. The van der Waals surface area contributed by atoms with Crippen molar-refractivity contribution in [2.24, 2.45) is 0 Å². The van der Waals surface area contributed by atoms with E-state index in [0.29, 0.717) is 0 Å². The van der Waals surface area contributed by atoms with Crippen molar-refractivity contribution >= 4 is 0 Å². The van der Waals surface area contributed by atoms with Gasteiger partial charge in [-0.25, -0.2) is 0 Å². The third-order valence-corrected chi connectivity index (χ3v) is 2.51. The van der Waals surface area contributed by atoms with Crippen LogP contribution in [0.5, 0.6) is 0 Å². The lowest BCUT2D eigenvalue weighted by molar-refractivity contribution is 0.265. The summed E-state index contributed by atoms with van der Waals surface area (Å²) in [5.74, 6) is 0. The summed E-state index contributed by atoms with van der Waals surface area (Å²) in [4.78, 5) is 2.59. The zero-order valence-electron chi connectivity index (χ0n) is 10.3. The van der Waals surface area contributed by atoms with E-state index < -0.39 is 0 Å². The SMILES string of the molecule is CCCCN(CCCC)CCNCC. The maximum atomic E-state index is 3.39. The summed E-state index contributed by atoms with van der Waals surface area (Å²) in [6.45, 7) is 12.7. The Labute approximate surface area is 90.1 Å². The van der Waals surface area contributed by atoms with Crippen LogP contribution in [0.25, 0.3) is 0 Å². The van der Waals surface area contributed by atoms with Crippen LogP contribution in [0.15, 0.2) is 0 Å². The van der Waals surface area contributed by atoms with E-state index in [9.17, 15) is 0 Å². The standard InChI is InChI=1S/C12H28N2/c1-4-7-10-14(11-8-5-2)12-9-13-6-3/h13H,4-12H2,1-3H3. The van der Waals surface area contributed by atoms with Gasteiger partial charge in [0, 0.05) is 13.1 Å². The molecule has 0 saturated carbocycles. The van der Waals surface area contributed by atoms with E-state index in [-0.39, 0.29) is 0 Å². The summed E-state index contributed by atoms with van der Waals surface area (Å²) in [6.07, 6.45) is 5.30. The molecule has 0 aliphatic carbocycles. The Bertz CT molecular complexity index is 96.5. The van der Waals surface area contributed by atoms with Crippen LogP contribution in [0.2, 0.25) is 0 Å². The van der Waals surface area contributed by atoms with Gasteiger partial charge in [0.2, 0.25) is 0 Å². The molecule has 0 bridgehead atoms. The third kappa shape index (κ3) is 8.52. The van der Waals surface area contributed by atoms with Gasteiger partial charge in [-0.3, -0.25) is 0 Å². The largest absolute Gasteiger partial charge is 0.316 e. The molecule has 0 aromatic rings. The van der Waals surface area contributed by atoms with Crippen LogP contribution in [-0.4, -0.2) is 37.6 Å². The molecule has 1 N–H and O–H groups in total. The van der Waals surface area contributed by atoms with Crippen molar-refractivity contribution in [3.8, 4) is 0 Å². The Hall–Kier alpha value is -0.0800. The van der Waals surface area contributed by atoms with Gasteiger partial charge in [-0.05, 0) is 32.5 Å². The van der Waals surface area contributed by atoms with Crippen molar-refractivity contribution in [3.05, 3.63) is 0 Å². The normalized spacial score (nSPS) is 11.1. The average Bonchev–Trinajstić information content (AvgIpc) is 2.21. The Balaban J connectivity index is 3.49. The Morgan fingerprint density at radius 2 is 1.43 bits per heavy atom. The lowest BCUT2D eigenvalue weighted by atomic mass is 10.2. The maximum absolute atomic E-state index is 3.39. The van der Waals surface area contributed by atoms with E-state index >= 15 is 0 Å². The number of hydrogen-bond acceptors (Lipinski definition) is 2. The van der Waals surface area contributed by atoms with Crippen LogP contribution in [0.1, 0.15) is 46.5 Å². The minimum Gasteiger partial charge on any atom is -0.316 e. The highest BCUT2D eigenvalue weighted by Crippen LogP contribution is 1.98. The predicted octanol–water partition coefficient (Wildman–Crippen LogP) is 2.50. The van der Waals surface area contributed by atoms with Crippen LogP contribution >= 0.6 is 0 Å². The molecule has 0 amide bonds. The highest BCUT2D eigenvalue weighted by atomic mass is 15.1. The number of unbranched alkanes of at least 4 members (excludes halogenated alkanes) is 2. The van der Waals surface area contributed by atoms with Crippen molar-refractivity contribution in [1.82, 2.24) is 10.2 Å². The zero-order chi connectivity index (χ0) is 10.6. The van der Waals surface area contributed by atoms with Gasteiger partial charge in [0.15, 0.2) is 0 Å². The zero-order valence-corrected chi connectivity index (χ0v) is 10.3. The summed E-state index contributed by atoms with van der Waals surface area (Å²) >= 11 is 0. The number of hydrogen-bond donors (Lipinski definition) is 1. The van der Waals surface area contributed by atoms with Crippen LogP contribution < -0.4 is 5.32 Å². The van der Waals surface area contributed by atoms with Gasteiger partial charge in [0.1, 0.15) is 0 Å². The molecule has 0 unspecified atom stereocenters. The molecule has 14 heavy (non-hydrogen) atoms. The van der Waals surface area contributed by atoms with Crippen LogP contribution in [0.4, 0.5) is 0 Å². The van der Waals surface area contributed by atoms with E-state index in [1.54, 1.807) is 0 Å². The summed E-state index contributed by atoms with van der Waals surface area (Å²) < 4.78 is 0. The number of nitrogens with one attached hydrogen (secondary N) is 1. The van der Waals surface area contributed by atoms with Gasteiger partial charge in [-0.1, -0.05) is 33.6 Å². The van der Waals surface area contributed by atoms with Crippen LogP contribution in [-0.2, 0) is 0 Å². The number of nitrogens with zero attached hydrogens (tertiary/aromatic N) is 1. The van der Waals surface area contributed by atoms with Crippen LogP contribution in [0.3, 0.4) is 0 Å². The van der Waals surface area contributed by atoms with E-state index in [4.69, 9.17) is 0 Å². The molecule has 0 aromatic carbocycles. The first kappa shape index (κ1) is 13.9. The Kier molecular flexibility index (Phi) is 10.9. The molecule has 0 fully saturated rings. The molecule has 0 atom stereocenters. The summed E-state index contributed by atoms with van der Waals surface area (Å²) in [5.41, 5.74) is 0. The lowest BCUT2D eigenvalue weighted by Crippen LogP contribution is -2.33. The van der Waals surface area contributed by atoms with Gasteiger partial charge in [-0.2, -0.15) is 0 Å². The smallest absolute Gasteiger partial charge is 0.0107 e. The third-order valence-electron chi connectivity index (χ3n) is 2.51. The summed E-state index contributed by atoms with van der Waals surface area (Å²) in [5, 5.41) is 3.39.